The van der Waals surface area contributed by atoms with E-state index in [0.29, 0.717) is 0 Å². The average Bonchev–Trinajstić information content (AvgIpc) is 2.63. The normalized spacial score (nSPS) is 14.0. The second-order valence-corrected chi connectivity index (χ2v) is 14.9. The first-order valence-corrected chi connectivity index (χ1v) is 13.7. The highest BCUT2D eigenvalue weighted by Crippen LogP contribution is 2.52. The molecule has 0 amide bonds. The molecule has 0 unspecified atom stereocenters. The van der Waals surface area contributed by atoms with Crippen LogP contribution in [0.2, 0.25) is 0 Å². The van der Waals surface area contributed by atoms with Crippen LogP contribution in [0.25, 0.3) is 0 Å². The lowest BCUT2D eigenvalue weighted by atomic mass is 9.69. The standard InChI is InChI=1S/C30H47O5P/c1-26(2,3)18-16-24(31)22(28(7,8)9)14-20(18)30(13,35-36(33)34)21-15-23(29(10,11)12)25(32)17-19(21)27(4,5)6/h14-17,31-34H,1-13H3. The zero-order chi connectivity index (χ0) is 28.2. The maximum absolute atomic E-state index is 11.0. The van der Waals surface area contributed by atoms with Gasteiger partial charge in [0, 0.05) is 0 Å². The molecular formula is C30H47O5P. The number of phenolic OH excluding ortho intramolecular Hbond substituents is 2. The van der Waals surface area contributed by atoms with Gasteiger partial charge < -0.3 is 20.0 Å². The summed E-state index contributed by atoms with van der Waals surface area (Å²) in [6.45, 7) is 26.4. The first kappa shape index (κ1) is 30.6. The molecule has 202 valence electrons. The molecule has 0 bridgehead atoms. The lowest BCUT2D eigenvalue weighted by Gasteiger charge is -2.40. The van der Waals surface area contributed by atoms with E-state index in [1.165, 1.54) is 0 Å². The molecule has 0 heterocycles. The molecule has 36 heavy (non-hydrogen) atoms. The van der Waals surface area contributed by atoms with Crippen molar-refractivity contribution in [3.63, 3.8) is 0 Å². The van der Waals surface area contributed by atoms with Crippen molar-refractivity contribution < 1.29 is 24.5 Å². The van der Waals surface area contributed by atoms with Crippen molar-refractivity contribution in [2.24, 2.45) is 0 Å². The third kappa shape index (κ3) is 6.25. The van der Waals surface area contributed by atoms with Gasteiger partial charge in [-0.2, -0.15) is 0 Å². The van der Waals surface area contributed by atoms with E-state index < -0.39 is 14.2 Å². The Kier molecular flexibility index (Phi) is 8.14. The summed E-state index contributed by atoms with van der Waals surface area (Å²) in [7, 11) is -2.75. The van der Waals surface area contributed by atoms with Crippen LogP contribution < -0.4 is 0 Å². The number of phenols is 2. The second kappa shape index (κ2) is 9.58. The molecule has 4 N–H and O–H groups in total. The minimum absolute atomic E-state index is 0.200. The highest BCUT2D eigenvalue weighted by atomic mass is 31.2. The topological polar surface area (TPSA) is 90.2 Å². The van der Waals surface area contributed by atoms with E-state index in [1.54, 1.807) is 12.1 Å². The first-order chi connectivity index (χ1) is 15.9. The fraction of sp³-hybridized carbons (Fsp3) is 0.600. The summed E-state index contributed by atoms with van der Waals surface area (Å²) in [5, 5.41) is 22.1. The van der Waals surface area contributed by atoms with Crippen LogP contribution in [0.5, 0.6) is 11.5 Å². The molecule has 2 aromatic rings. The molecule has 0 aliphatic rings. The van der Waals surface area contributed by atoms with Crippen molar-refractivity contribution >= 4 is 8.60 Å². The third-order valence-corrected chi connectivity index (χ3v) is 7.32. The van der Waals surface area contributed by atoms with Crippen LogP contribution in [0.15, 0.2) is 24.3 Å². The zero-order valence-electron chi connectivity index (χ0n) is 24.5. The maximum atomic E-state index is 11.0. The van der Waals surface area contributed by atoms with Crippen LogP contribution in [0.1, 0.15) is 123 Å². The Morgan fingerprint density at radius 3 is 0.972 bits per heavy atom. The Balaban J connectivity index is 3.20. The third-order valence-electron chi connectivity index (χ3n) is 6.80. The smallest absolute Gasteiger partial charge is 0.328 e. The molecular weight excluding hydrogens is 471 g/mol. The Morgan fingerprint density at radius 2 is 0.750 bits per heavy atom. The van der Waals surface area contributed by atoms with Gasteiger partial charge >= 0.3 is 8.60 Å². The van der Waals surface area contributed by atoms with Crippen molar-refractivity contribution in [3.8, 4) is 11.5 Å². The summed E-state index contributed by atoms with van der Waals surface area (Å²) in [5.74, 6) is 0.400. The van der Waals surface area contributed by atoms with Gasteiger partial charge in [-0.3, -0.25) is 4.52 Å². The molecule has 2 aromatic carbocycles. The van der Waals surface area contributed by atoms with E-state index in [1.807, 2.05) is 60.6 Å². The lowest BCUT2D eigenvalue weighted by Crippen LogP contribution is -2.34. The van der Waals surface area contributed by atoms with Gasteiger partial charge in [0.1, 0.15) is 17.1 Å². The monoisotopic (exact) mass is 518 g/mol. The number of hydrogen-bond acceptors (Lipinski definition) is 5. The fourth-order valence-electron chi connectivity index (χ4n) is 4.82. The highest BCUT2D eigenvalue weighted by Gasteiger charge is 2.42. The van der Waals surface area contributed by atoms with E-state index in [0.717, 1.165) is 33.4 Å². The quantitative estimate of drug-likeness (QED) is 0.310. The van der Waals surface area contributed by atoms with Gasteiger partial charge in [-0.1, -0.05) is 83.1 Å². The molecule has 2 rings (SSSR count). The van der Waals surface area contributed by atoms with E-state index in [2.05, 4.69) is 41.5 Å². The number of hydrogen-bond donors (Lipinski definition) is 4. The number of benzene rings is 2. The minimum atomic E-state index is -2.75. The van der Waals surface area contributed by atoms with Crippen LogP contribution in [0.3, 0.4) is 0 Å². The molecule has 0 radical (unpaired) electrons. The average molecular weight is 519 g/mol. The Labute approximate surface area is 219 Å². The fourth-order valence-corrected chi connectivity index (χ4v) is 5.34. The van der Waals surface area contributed by atoms with Crippen LogP contribution >= 0.6 is 8.60 Å². The predicted molar refractivity (Wildman–Crippen MR) is 150 cm³/mol. The Morgan fingerprint density at radius 1 is 0.472 bits per heavy atom. The number of aromatic hydroxyl groups is 2. The van der Waals surface area contributed by atoms with Gasteiger partial charge in [-0.05, 0) is 86.2 Å². The summed E-state index contributed by atoms with van der Waals surface area (Å²) in [5.41, 5.74) is 1.90. The maximum Gasteiger partial charge on any atom is 0.328 e. The number of rotatable bonds is 4. The lowest BCUT2D eigenvalue weighted by molar-refractivity contribution is 0.106. The molecule has 5 nitrogen and oxygen atoms in total. The van der Waals surface area contributed by atoms with Crippen molar-refractivity contribution in [2.45, 2.75) is 117 Å². The van der Waals surface area contributed by atoms with Gasteiger partial charge in [-0.25, -0.2) is 0 Å². The summed E-state index contributed by atoms with van der Waals surface area (Å²) < 4.78 is 6.11. The van der Waals surface area contributed by atoms with Crippen LogP contribution in [0.4, 0.5) is 0 Å². The van der Waals surface area contributed by atoms with Gasteiger partial charge in [-0.15, -0.1) is 0 Å². The van der Waals surface area contributed by atoms with E-state index in [-0.39, 0.29) is 33.2 Å². The first-order valence-electron chi connectivity index (χ1n) is 12.5. The van der Waals surface area contributed by atoms with E-state index in [9.17, 15) is 20.0 Å². The van der Waals surface area contributed by atoms with E-state index >= 15 is 0 Å². The largest absolute Gasteiger partial charge is 0.508 e. The summed E-state index contributed by atoms with van der Waals surface area (Å²) in [6.07, 6.45) is 0. The summed E-state index contributed by atoms with van der Waals surface area (Å²) in [6, 6.07) is 7.47. The van der Waals surface area contributed by atoms with Gasteiger partial charge in [0.15, 0.2) is 0 Å². The summed E-state index contributed by atoms with van der Waals surface area (Å²) >= 11 is 0. The molecule has 0 atom stereocenters. The molecule has 0 aromatic heterocycles. The van der Waals surface area contributed by atoms with Crippen LogP contribution in [-0.4, -0.2) is 20.0 Å². The van der Waals surface area contributed by atoms with E-state index in [4.69, 9.17) is 4.52 Å². The second-order valence-electron chi connectivity index (χ2n) is 14.2. The predicted octanol–water partition coefficient (Wildman–Crippen LogP) is 7.78. The molecule has 0 saturated carbocycles. The SMILES string of the molecule is CC(C)(C)c1cc(C(C)(OP(O)O)c2cc(C(C)(C)C)c(O)cc2C(C)(C)C)c(C(C)(C)C)cc1O. The molecule has 0 aliphatic heterocycles. The molecule has 0 spiro atoms. The van der Waals surface area contributed by atoms with Crippen molar-refractivity contribution in [2.75, 3.05) is 0 Å². The Hall–Kier alpha value is -1.65. The molecule has 6 heteroatoms. The van der Waals surface area contributed by atoms with Crippen molar-refractivity contribution in [3.05, 3.63) is 57.6 Å². The van der Waals surface area contributed by atoms with Crippen molar-refractivity contribution in [1.82, 2.24) is 0 Å². The van der Waals surface area contributed by atoms with Crippen LogP contribution in [0, 0.1) is 0 Å². The van der Waals surface area contributed by atoms with Gasteiger partial charge in [0.05, 0.1) is 0 Å². The van der Waals surface area contributed by atoms with Crippen molar-refractivity contribution in [1.29, 1.82) is 0 Å². The Bertz CT molecular complexity index is 1030. The van der Waals surface area contributed by atoms with Gasteiger partial charge in [0.2, 0.25) is 0 Å². The summed E-state index contributed by atoms with van der Waals surface area (Å²) in [4.78, 5) is 20.5. The highest BCUT2D eigenvalue weighted by molar-refractivity contribution is 7.39. The van der Waals surface area contributed by atoms with Crippen LogP contribution in [-0.2, 0) is 31.8 Å². The molecule has 0 aliphatic carbocycles. The molecule has 0 saturated heterocycles. The van der Waals surface area contributed by atoms with Gasteiger partial charge in [0.25, 0.3) is 0 Å². The minimum Gasteiger partial charge on any atom is -0.508 e. The zero-order valence-corrected chi connectivity index (χ0v) is 25.3. The molecule has 0 fully saturated rings.